The van der Waals surface area contributed by atoms with Crippen molar-refractivity contribution in [2.45, 2.75) is 63.6 Å². The van der Waals surface area contributed by atoms with Crippen LogP contribution >= 0.6 is 0 Å². The van der Waals surface area contributed by atoms with Crippen molar-refractivity contribution in [3.63, 3.8) is 0 Å². The summed E-state index contributed by atoms with van der Waals surface area (Å²) in [7, 11) is 2.23. The highest BCUT2D eigenvalue weighted by Gasteiger charge is 2.58. The van der Waals surface area contributed by atoms with Crippen LogP contribution in [0.2, 0.25) is 0 Å². The molecule has 0 aromatic heterocycles. The SMILES string of the molecule is CCO[C@H]1C[C@@H](NC2CCN(C)CC2)C12CCC2. The fourth-order valence-corrected chi connectivity index (χ4v) is 4.13. The number of rotatable bonds is 4. The van der Waals surface area contributed by atoms with E-state index in [1.54, 1.807) is 0 Å². The Kier molecular flexibility index (Phi) is 3.65. The maximum atomic E-state index is 5.92. The van der Waals surface area contributed by atoms with Crippen LogP contribution in [0.4, 0.5) is 0 Å². The van der Waals surface area contributed by atoms with Gasteiger partial charge in [-0.1, -0.05) is 6.42 Å². The van der Waals surface area contributed by atoms with Gasteiger partial charge >= 0.3 is 0 Å². The van der Waals surface area contributed by atoms with Crippen molar-refractivity contribution < 1.29 is 4.74 Å². The van der Waals surface area contributed by atoms with Crippen LogP contribution in [0.25, 0.3) is 0 Å². The highest BCUT2D eigenvalue weighted by atomic mass is 16.5. The van der Waals surface area contributed by atoms with Crippen LogP contribution in [0.5, 0.6) is 0 Å². The molecule has 1 saturated heterocycles. The van der Waals surface area contributed by atoms with Crippen LogP contribution in [0.1, 0.15) is 45.4 Å². The van der Waals surface area contributed by atoms with Crippen molar-refractivity contribution in [1.29, 1.82) is 0 Å². The fourth-order valence-electron chi connectivity index (χ4n) is 4.13. The van der Waals surface area contributed by atoms with Gasteiger partial charge < -0.3 is 15.0 Å². The molecular weight excluding hydrogens is 224 g/mol. The monoisotopic (exact) mass is 252 g/mol. The molecule has 1 aliphatic heterocycles. The van der Waals surface area contributed by atoms with Gasteiger partial charge in [0.2, 0.25) is 0 Å². The third-order valence-electron chi connectivity index (χ3n) is 5.59. The van der Waals surface area contributed by atoms with E-state index in [4.69, 9.17) is 4.74 Å². The third-order valence-corrected chi connectivity index (χ3v) is 5.59. The van der Waals surface area contributed by atoms with Gasteiger partial charge in [-0.15, -0.1) is 0 Å². The Bertz CT molecular complexity index is 282. The molecule has 1 spiro atoms. The zero-order valence-corrected chi connectivity index (χ0v) is 12.0. The second-order valence-electron chi connectivity index (χ2n) is 6.56. The number of likely N-dealkylation sites (tertiary alicyclic amines) is 1. The number of nitrogens with one attached hydrogen (secondary N) is 1. The van der Waals surface area contributed by atoms with Gasteiger partial charge in [0.05, 0.1) is 6.10 Å². The molecule has 2 atom stereocenters. The van der Waals surface area contributed by atoms with E-state index in [1.807, 2.05) is 0 Å². The van der Waals surface area contributed by atoms with Crippen molar-refractivity contribution in [2.24, 2.45) is 5.41 Å². The van der Waals surface area contributed by atoms with Gasteiger partial charge in [-0.3, -0.25) is 0 Å². The molecule has 0 aromatic rings. The quantitative estimate of drug-likeness (QED) is 0.828. The molecule has 0 amide bonds. The lowest BCUT2D eigenvalue weighted by atomic mass is 9.51. The molecule has 3 rings (SSSR count). The van der Waals surface area contributed by atoms with Crippen molar-refractivity contribution in [2.75, 3.05) is 26.7 Å². The van der Waals surface area contributed by atoms with Gasteiger partial charge in [-0.05, 0) is 59.2 Å². The lowest BCUT2D eigenvalue weighted by Gasteiger charge is -2.62. The van der Waals surface area contributed by atoms with E-state index < -0.39 is 0 Å². The van der Waals surface area contributed by atoms with Crippen LogP contribution < -0.4 is 5.32 Å². The first kappa shape index (κ1) is 12.9. The van der Waals surface area contributed by atoms with Gasteiger partial charge in [0.1, 0.15) is 0 Å². The predicted molar refractivity (Wildman–Crippen MR) is 73.8 cm³/mol. The second kappa shape index (κ2) is 5.10. The molecule has 0 unspecified atom stereocenters. The van der Waals surface area contributed by atoms with E-state index in [9.17, 15) is 0 Å². The van der Waals surface area contributed by atoms with Gasteiger partial charge in [-0.2, -0.15) is 0 Å². The topological polar surface area (TPSA) is 24.5 Å². The minimum atomic E-state index is 0.527. The highest BCUT2D eigenvalue weighted by molar-refractivity contribution is 5.12. The standard InChI is InChI=1S/C15H28N2O/c1-3-18-14-11-13(15(14)7-4-8-15)16-12-5-9-17(2)10-6-12/h12-14,16H,3-11H2,1-2H3/t13-,14+/m1/s1. The van der Waals surface area contributed by atoms with Gasteiger partial charge in [0.15, 0.2) is 0 Å². The maximum absolute atomic E-state index is 5.92. The molecule has 1 heterocycles. The lowest BCUT2D eigenvalue weighted by molar-refractivity contribution is -0.175. The Morgan fingerprint density at radius 1 is 1.28 bits per heavy atom. The van der Waals surface area contributed by atoms with Crippen molar-refractivity contribution in [3.8, 4) is 0 Å². The van der Waals surface area contributed by atoms with Gasteiger partial charge in [-0.25, -0.2) is 0 Å². The Morgan fingerprint density at radius 2 is 2.00 bits per heavy atom. The summed E-state index contributed by atoms with van der Waals surface area (Å²) in [4.78, 5) is 2.45. The molecule has 0 radical (unpaired) electrons. The van der Waals surface area contributed by atoms with Crippen molar-refractivity contribution in [1.82, 2.24) is 10.2 Å². The zero-order chi connectivity index (χ0) is 12.6. The van der Waals surface area contributed by atoms with Crippen LogP contribution in [-0.4, -0.2) is 49.8 Å². The molecule has 104 valence electrons. The molecule has 3 aliphatic rings. The summed E-state index contributed by atoms with van der Waals surface area (Å²) < 4.78 is 5.92. The molecule has 2 aliphatic carbocycles. The smallest absolute Gasteiger partial charge is 0.0661 e. The summed E-state index contributed by atoms with van der Waals surface area (Å²) in [6.45, 7) is 5.52. The van der Waals surface area contributed by atoms with E-state index in [-0.39, 0.29) is 0 Å². The van der Waals surface area contributed by atoms with E-state index in [0.717, 1.165) is 18.7 Å². The summed E-state index contributed by atoms with van der Waals surface area (Å²) in [6.07, 6.45) is 8.64. The molecule has 2 saturated carbocycles. The molecule has 18 heavy (non-hydrogen) atoms. The maximum Gasteiger partial charge on any atom is 0.0661 e. The molecule has 0 aromatic carbocycles. The summed E-state index contributed by atoms with van der Waals surface area (Å²) in [5.74, 6) is 0. The van der Waals surface area contributed by atoms with Crippen molar-refractivity contribution >= 4 is 0 Å². The number of hydrogen-bond donors (Lipinski definition) is 1. The number of ether oxygens (including phenoxy) is 1. The average molecular weight is 252 g/mol. The van der Waals surface area contributed by atoms with Gasteiger partial charge in [0, 0.05) is 24.1 Å². The van der Waals surface area contributed by atoms with E-state index in [1.165, 1.54) is 51.6 Å². The summed E-state index contributed by atoms with van der Waals surface area (Å²) >= 11 is 0. The Morgan fingerprint density at radius 3 is 2.56 bits per heavy atom. The summed E-state index contributed by atoms with van der Waals surface area (Å²) in [5, 5.41) is 3.95. The van der Waals surface area contributed by atoms with Crippen LogP contribution in [0.3, 0.4) is 0 Å². The average Bonchev–Trinajstić information content (AvgIpc) is 2.28. The summed E-state index contributed by atoms with van der Waals surface area (Å²) in [6, 6.07) is 1.50. The van der Waals surface area contributed by atoms with Gasteiger partial charge in [0.25, 0.3) is 0 Å². The first-order valence-corrected chi connectivity index (χ1v) is 7.81. The summed E-state index contributed by atoms with van der Waals surface area (Å²) in [5.41, 5.74) is 0.527. The van der Waals surface area contributed by atoms with E-state index in [2.05, 4.69) is 24.2 Å². The number of piperidine rings is 1. The normalized spacial score (nSPS) is 36.3. The Labute approximate surface area is 111 Å². The minimum absolute atomic E-state index is 0.527. The molecular formula is C15H28N2O. The van der Waals surface area contributed by atoms with Crippen LogP contribution in [-0.2, 0) is 4.74 Å². The molecule has 0 bridgehead atoms. The molecule has 1 N–H and O–H groups in total. The lowest BCUT2D eigenvalue weighted by Crippen LogP contribution is -2.68. The van der Waals surface area contributed by atoms with Crippen LogP contribution in [0.15, 0.2) is 0 Å². The van der Waals surface area contributed by atoms with Crippen molar-refractivity contribution in [3.05, 3.63) is 0 Å². The second-order valence-corrected chi connectivity index (χ2v) is 6.56. The van der Waals surface area contributed by atoms with Crippen LogP contribution in [0, 0.1) is 5.41 Å². The van der Waals surface area contributed by atoms with E-state index in [0.29, 0.717) is 11.5 Å². The van der Waals surface area contributed by atoms with E-state index >= 15 is 0 Å². The third kappa shape index (κ3) is 2.10. The largest absolute Gasteiger partial charge is 0.378 e. The predicted octanol–water partition coefficient (Wildman–Crippen LogP) is 2.02. The fraction of sp³-hybridized carbons (Fsp3) is 1.00. The molecule has 3 fully saturated rings. The number of nitrogens with zero attached hydrogens (tertiary/aromatic N) is 1. The first-order valence-electron chi connectivity index (χ1n) is 7.81. The first-order chi connectivity index (χ1) is 8.74. The number of hydrogen-bond acceptors (Lipinski definition) is 3. The minimum Gasteiger partial charge on any atom is -0.378 e. The highest BCUT2D eigenvalue weighted by Crippen LogP contribution is 2.57. The molecule has 3 heteroatoms. The molecule has 3 nitrogen and oxygen atoms in total. The Hall–Kier alpha value is -0.120. The Balaban J connectivity index is 1.52. The zero-order valence-electron chi connectivity index (χ0n) is 12.0.